The van der Waals surface area contributed by atoms with E-state index in [2.05, 4.69) is 10.6 Å². The Labute approximate surface area is 137 Å². The number of amides is 1. The molecular formula is C15H27BN2O5. The first-order valence-corrected chi connectivity index (χ1v) is 8.56. The van der Waals surface area contributed by atoms with E-state index in [1.165, 1.54) is 0 Å². The molecule has 0 aromatic carbocycles. The zero-order chi connectivity index (χ0) is 16.9. The molecule has 2 rings (SSSR count). The van der Waals surface area contributed by atoms with Crippen LogP contribution in [0.5, 0.6) is 0 Å². The molecule has 1 aliphatic carbocycles. The molecule has 130 valence electrons. The Morgan fingerprint density at radius 3 is 2.65 bits per heavy atom. The third kappa shape index (κ3) is 4.93. The van der Waals surface area contributed by atoms with Crippen molar-refractivity contribution >= 4 is 19.0 Å². The van der Waals surface area contributed by atoms with Crippen LogP contribution < -0.4 is 10.6 Å². The van der Waals surface area contributed by atoms with E-state index in [9.17, 15) is 14.7 Å². The fraction of sp³-hybridized carbons (Fsp3) is 0.867. The van der Waals surface area contributed by atoms with E-state index in [0.717, 1.165) is 19.4 Å². The van der Waals surface area contributed by atoms with Gasteiger partial charge in [0, 0.05) is 6.04 Å². The van der Waals surface area contributed by atoms with Gasteiger partial charge in [-0.05, 0) is 51.4 Å². The molecule has 8 heteroatoms. The molecule has 1 aliphatic heterocycles. The maximum Gasteiger partial charge on any atom is 0.451 e. The van der Waals surface area contributed by atoms with Gasteiger partial charge in [0.05, 0.1) is 11.5 Å². The normalized spacial score (nSPS) is 30.3. The zero-order valence-corrected chi connectivity index (χ0v) is 13.5. The topological polar surface area (TPSA) is 119 Å². The molecule has 0 aromatic heterocycles. The molecule has 0 radical (unpaired) electrons. The number of carbonyl (C=O) groups excluding carboxylic acids is 1. The molecule has 0 aromatic rings. The second-order valence-corrected chi connectivity index (χ2v) is 6.91. The Morgan fingerprint density at radius 1 is 1.26 bits per heavy atom. The number of hydrogen-bond acceptors (Lipinski definition) is 5. The van der Waals surface area contributed by atoms with E-state index in [0.29, 0.717) is 38.5 Å². The highest BCUT2D eigenvalue weighted by molar-refractivity contribution is 6.40. The molecule has 0 spiro atoms. The molecule has 1 amide bonds. The van der Waals surface area contributed by atoms with Crippen LogP contribution in [0.25, 0.3) is 0 Å². The number of carboxylic acid groups (broad SMARTS) is 1. The van der Waals surface area contributed by atoms with Crippen molar-refractivity contribution in [1.29, 1.82) is 0 Å². The van der Waals surface area contributed by atoms with Crippen molar-refractivity contribution in [1.82, 2.24) is 10.6 Å². The first-order valence-electron chi connectivity index (χ1n) is 8.56. The summed E-state index contributed by atoms with van der Waals surface area (Å²) < 4.78 is 0. The Hall–Kier alpha value is -1.12. The molecule has 7 nitrogen and oxygen atoms in total. The van der Waals surface area contributed by atoms with Crippen LogP contribution in [0.3, 0.4) is 0 Å². The van der Waals surface area contributed by atoms with Gasteiger partial charge >= 0.3 is 13.1 Å². The van der Waals surface area contributed by atoms with Crippen LogP contribution in [0.1, 0.15) is 51.4 Å². The van der Waals surface area contributed by atoms with Crippen molar-refractivity contribution in [2.75, 3.05) is 6.54 Å². The second-order valence-electron chi connectivity index (χ2n) is 6.91. The third-order valence-corrected chi connectivity index (χ3v) is 5.15. The van der Waals surface area contributed by atoms with Crippen LogP contribution in [0, 0.1) is 5.41 Å². The first kappa shape index (κ1) is 18.2. The van der Waals surface area contributed by atoms with Crippen LogP contribution >= 0.6 is 0 Å². The van der Waals surface area contributed by atoms with Crippen molar-refractivity contribution in [3.8, 4) is 0 Å². The van der Waals surface area contributed by atoms with Crippen LogP contribution in [0.15, 0.2) is 0 Å². The Morgan fingerprint density at radius 2 is 2.04 bits per heavy atom. The van der Waals surface area contributed by atoms with E-state index in [1.54, 1.807) is 0 Å². The summed E-state index contributed by atoms with van der Waals surface area (Å²) in [7, 11) is -1.33. The van der Waals surface area contributed by atoms with Crippen molar-refractivity contribution < 1.29 is 24.7 Å². The monoisotopic (exact) mass is 326 g/mol. The molecule has 1 saturated carbocycles. The van der Waals surface area contributed by atoms with Gasteiger partial charge < -0.3 is 25.8 Å². The minimum atomic E-state index is -1.33. The van der Waals surface area contributed by atoms with E-state index in [-0.39, 0.29) is 24.3 Å². The van der Waals surface area contributed by atoms with Crippen LogP contribution in [-0.4, -0.2) is 52.8 Å². The lowest BCUT2D eigenvalue weighted by Gasteiger charge is -2.25. The third-order valence-electron chi connectivity index (χ3n) is 5.15. The molecule has 23 heavy (non-hydrogen) atoms. The highest BCUT2D eigenvalue weighted by atomic mass is 16.4. The minimum absolute atomic E-state index is 0.0166. The average Bonchev–Trinajstić information content (AvgIpc) is 3.14. The number of carbonyl (C=O) groups is 2. The lowest BCUT2D eigenvalue weighted by molar-refractivity contribution is -0.149. The van der Waals surface area contributed by atoms with E-state index in [4.69, 9.17) is 10.0 Å². The van der Waals surface area contributed by atoms with Crippen LogP contribution in [-0.2, 0) is 9.59 Å². The molecule has 0 bridgehead atoms. The predicted molar refractivity (Wildman–Crippen MR) is 85.7 cm³/mol. The summed E-state index contributed by atoms with van der Waals surface area (Å²) in [5.74, 6) is -0.824. The summed E-state index contributed by atoms with van der Waals surface area (Å²) in [6, 6.07) is -0.217. The van der Waals surface area contributed by atoms with Gasteiger partial charge in [0.25, 0.3) is 0 Å². The summed E-state index contributed by atoms with van der Waals surface area (Å²) in [6.45, 7) is 0.860. The first-order chi connectivity index (χ1) is 10.9. The summed E-state index contributed by atoms with van der Waals surface area (Å²) in [4.78, 5) is 23.9. The second kappa shape index (κ2) is 8.12. The lowest BCUT2D eigenvalue weighted by atomic mass is 9.78. The molecular weight excluding hydrogens is 299 g/mol. The molecule has 2 fully saturated rings. The highest BCUT2D eigenvalue weighted by Crippen LogP contribution is 2.43. The van der Waals surface area contributed by atoms with Gasteiger partial charge in [-0.25, -0.2) is 0 Å². The number of rotatable bonds is 8. The summed E-state index contributed by atoms with van der Waals surface area (Å²) in [6.07, 6.45) is 5.57. The van der Waals surface area contributed by atoms with Crippen molar-refractivity contribution in [2.45, 2.75) is 69.8 Å². The number of nitrogens with one attached hydrogen (secondary N) is 2. The van der Waals surface area contributed by atoms with Crippen molar-refractivity contribution in [3.05, 3.63) is 0 Å². The van der Waals surface area contributed by atoms with Crippen molar-refractivity contribution in [2.24, 2.45) is 5.41 Å². The van der Waals surface area contributed by atoms with Crippen LogP contribution in [0.2, 0.25) is 6.32 Å². The summed E-state index contributed by atoms with van der Waals surface area (Å²) in [5, 5.41) is 33.5. The number of aliphatic carboxylic acids is 1. The maximum atomic E-state index is 12.1. The van der Waals surface area contributed by atoms with Gasteiger partial charge in [-0.3, -0.25) is 9.59 Å². The van der Waals surface area contributed by atoms with E-state index >= 15 is 0 Å². The molecule has 3 atom stereocenters. The van der Waals surface area contributed by atoms with Gasteiger partial charge in [-0.1, -0.05) is 12.8 Å². The van der Waals surface area contributed by atoms with Crippen LogP contribution in [0.4, 0.5) is 0 Å². The number of unbranched alkanes of at least 4 members (excludes halogenated alkanes) is 1. The predicted octanol–water partition coefficient (Wildman–Crippen LogP) is 0.121. The van der Waals surface area contributed by atoms with E-state index < -0.39 is 18.5 Å². The zero-order valence-electron chi connectivity index (χ0n) is 13.5. The van der Waals surface area contributed by atoms with Gasteiger partial charge in [-0.15, -0.1) is 0 Å². The molecule has 5 N–H and O–H groups in total. The van der Waals surface area contributed by atoms with E-state index in [1.807, 2.05) is 0 Å². The van der Waals surface area contributed by atoms with Crippen molar-refractivity contribution in [3.63, 3.8) is 0 Å². The molecule has 1 heterocycles. The largest absolute Gasteiger partial charge is 0.481 e. The maximum absolute atomic E-state index is 12.1. The highest BCUT2D eigenvalue weighted by Gasteiger charge is 2.45. The van der Waals surface area contributed by atoms with Gasteiger partial charge in [0.15, 0.2) is 0 Å². The standard InChI is InChI=1S/C15H27BN2O5/c19-13(12-4-3-9-17-12)18-11-5-7-15(10-11,14(20)21)6-1-2-8-16(22)23/h11-12,17,22-23H,1-10H2,(H,18,19)(H,20,21)/t11-,12-,15+/m0/s1. The average molecular weight is 326 g/mol. The van der Waals surface area contributed by atoms with Gasteiger partial charge in [0.1, 0.15) is 0 Å². The Bertz CT molecular complexity index is 428. The smallest absolute Gasteiger partial charge is 0.451 e. The lowest BCUT2D eigenvalue weighted by Crippen LogP contribution is -2.45. The van der Waals surface area contributed by atoms with Gasteiger partial charge in [0.2, 0.25) is 5.91 Å². The fourth-order valence-corrected chi connectivity index (χ4v) is 3.78. The summed E-state index contributed by atoms with van der Waals surface area (Å²) >= 11 is 0. The summed E-state index contributed by atoms with van der Waals surface area (Å²) in [5.41, 5.74) is -0.790. The SMILES string of the molecule is O=C(N[C@H]1CC[C@@](CCCCB(O)O)(C(=O)O)C1)[C@@H]1CCCN1. The Balaban J connectivity index is 1.82. The molecule has 0 unspecified atom stereocenters. The quantitative estimate of drug-likeness (QED) is 0.319. The van der Waals surface area contributed by atoms with Gasteiger partial charge in [-0.2, -0.15) is 0 Å². The molecule has 1 saturated heterocycles. The number of carboxylic acids is 1. The minimum Gasteiger partial charge on any atom is -0.481 e. The Kier molecular flexibility index (Phi) is 6.44. The fourth-order valence-electron chi connectivity index (χ4n) is 3.78. The number of hydrogen-bond donors (Lipinski definition) is 5. The molecule has 2 aliphatic rings.